The number of esters is 1. The van der Waals surface area contributed by atoms with E-state index in [9.17, 15) is 4.79 Å². The van der Waals surface area contributed by atoms with E-state index in [2.05, 4.69) is 5.16 Å². The van der Waals surface area contributed by atoms with Crippen LogP contribution in [-0.2, 0) is 25.5 Å². The van der Waals surface area contributed by atoms with Crippen LogP contribution >= 0.6 is 0 Å². The monoisotopic (exact) mass is 505 g/mol. The Kier molecular flexibility index (Phi) is 11.5. The summed E-state index contributed by atoms with van der Waals surface area (Å²) in [6.07, 6.45) is 0.666. The number of nitrogens with zero attached hydrogens (tertiary/aromatic N) is 1. The van der Waals surface area contributed by atoms with E-state index in [1.54, 1.807) is 6.92 Å². The Bertz CT molecular complexity index is 1100. The molecule has 7 heteroatoms. The Hall–Kier alpha value is -3.84. The summed E-state index contributed by atoms with van der Waals surface area (Å²) in [5, 5.41) is 4.31. The lowest BCUT2D eigenvalue weighted by Crippen LogP contribution is -2.28. The molecule has 0 heterocycles. The molecule has 0 fully saturated rings. The number of hydrogen-bond acceptors (Lipinski definition) is 7. The van der Waals surface area contributed by atoms with Gasteiger partial charge in [-0.1, -0.05) is 42.4 Å². The first kappa shape index (κ1) is 27.7. The van der Waals surface area contributed by atoms with Crippen LogP contribution in [0, 0.1) is 0 Å². The number of hydrogen-bond donors (Lipinski definition) is 0. The number of para-hydroxylation sites is 1. The fourth-order valence-corrected chi connectivity index (χ4v) is 3.45. The molecule has 0 N–H and O–H groups in total. The van der Waals surface area contributed by atoms with E-state index in [0.29, 0.717) is 37.7 Å². The number of ether oxygens (including phenoxy) is 4. The van der Waals surface area contributed by atoms with Crippen LogP contribution in [-0.4, -0.2) is 44.2 Å². The molecule has 0 radical (unpaired) electrons. The zero-order chi connectivity index (χ0) is 26.3. The minimum absolute atomic E-state index is 0.229. The van der Waals surface area contributed by atoms with Gasteiger partial charge in [0.2, 0.25) is 0 Å². The van der Waals surface area contributed by atoms with E-state index >= 15 is 0 Å². The van der Waals surface area contributed by atoms with E-state index in [4.69, 9.17) is 23.8 Å². The first-order valence-corrected chi connectivity index (χ1v) is 12.6. The summed E-state index contributed by atoms with van der Waals surface area (Å²) in [4.78, 5) is 17.6. The van der Waals surface area contributed by atoms with Crippen LogP contribution in [0.1, 0.15) is 38.3 Å². The average Bonchev–Trinajstić information content (AvgIpc) is 2.92. The number of oxime groups is 1. The molecular weight excluding hydrogens is 470 g/mol. The summed E-state index contributed by atoms with van der Waals surface area (Å²) in [5.74, 6) is 1.84. The molecule has 3 rings (SSSR count). The molecule has 3 aromatic rings. The van der Waals surface area contributed by atoms with E-state index < -0.39 is 6.10 Å². The molecule has 0 spiro atoms. The van der Waals surface area contributed by atoms with Gasteiger partial charge in [-0.25, -0.2) is 4.79 Å². The Balaban J connectivity index is 1.63. The highest BCUT2D eigenvalue weighted by molar-refractivity contribution is 6.01. The molecule has 0 aliphatic rings. The molecule has 1 unspecified atom stereocenters. The molecule has 0 saturated heterocycles. The van der Waals surface area contributed by atoms with Crippen molar-refractivity contribution >= 4 is 11.7 Å². The van der Waals surface area contributed by atoms with Crippen molar-refractivity contribution in [2.24, 2.45) is 5.16 Å². The minimum atomic E-state index is -0.625. The van der Waals surface area contributed by atoms with Crippen LogP contribution in [0.4, 0.5) is 0 Å². The number of carbonyl (C=O) groups is 1. The SMILES string of the molecule is CCCON=C(COc1ccc(CC(OCC)C(=O)OCC)cc1)c1ccc(Oc2ccccc2)cc1. The lowest BCUT2D eigenvalue weighted by Gasteiger charge is -2.16. The van der Waals surface area contributed by atoms with Gasteiger partial charge in [-0.15, -0.1) is 0 Å². The summed E-state index contributed by atoms with van der Waals surface area (Å²) in [7, 11) is 0. The van der Waals surface area contributed by atoms with Crippen LogP contribution in [0.25, 0.3) is 0 Å². The second-order valence-corrected chi connectivity index (χ2v) is 8.14. The predicted octanol–water partition coefficient (Wildman–Crippen LogP) is 6.20. The van der Waals surface area contributed by atoms with Crippen molar-refractivity contribution in [1.29, 1.82) is 0 Å². The molecule has 196 valence electrons. The molecule has 7 nitrogen and oxygen atoms in total. The van der Waals surface area contributed by atoms with Crippen molar-refractivity contribution in [3.63, 3.8) is 0 Å². The third-order valence-corrected chi connectivity index (χ3v) is 5.27. The summed E-state index contributed by atoms with van der Waals surface area (Å²) in [5.41, 5.74) is 2.50. The Morgan fingerprint density at radius 2 is 1.49 bits per heavy atom. The molecule has 0 amide bonds. The molecular formula is C30H35NO6. The van der Waals surface area contributed by atoms with Crippen LogP contribution in [0.15, 0.2) is 84.0 Å². The molecule has 0 bridgehead atoms. The molecule has 0 aliphatic heterocycles. The molecule has 37 heavy (non-hydrogen) atoms. The maximum Gasteiger partial charge on any atom is 0.335 e. The standard InChI is InChI=1S/C30H35NO6/c1-4-20-36-31-28(24-14-18-27(19-15-24)37-26-10-8-7-9-11-26)22-35-25-16-12-23(13-17-25)21-29(33-5-2)30(32)34-6-3/h7-19,29H,4-6,20-22H2,1-3H3. The zero-order valence-corrected chi connectivity index (χ0v) is 21.7. The predicted molar refractivity (Wildman–Crippen MR) is 143 cm³/mol. The lowest BCUT2D eigenvalue weighted by molar-refractivity contribution is -0.156. The topological polar surface area (TPSA) is 75.6 Å². The first-order chi connectivity index (χ1) is 18.1. The summed E-state index contributed by atoms with van der Waals surface area (Å²) in [6, 6.07) is 24.8. The quantitative estimate of drug-likeness (QED) is 0.106. The maximum absolute atomic E-state index is 12.1. The van der Waals surface area contributed by atoms with E-state index in [0.717, 1.165) is 29.0 Å². The average molecular weight is 506 g/mol. The van der Waals surface area contributed by atoms with Gasteiger partial charge in [0, 0.05) is 18.6 Å². The second-order valence-electron chi connectivity index (χ2n) is 8.14. The van der Waals surface area contributed by atoms with Crippen LogP contribution in [0.2, 0.25) is 0 Å². The number of benzene rings is 3. The molecule has 1 atom stereocenters. The van der Waals surface area contributed by atoms with Crippen molar-refractivity contribution in [2.75, 3.05) is 26.4 Å². The van der Waals surface area contributed by atoms with E-state index in [1.165, 1.54) is 0 Å². The van der Waals surface area contributed by atoms with Gasteiger partial charge in [0.1, 0.15) is 36.2 Å². The van der Waals surface area contributed by atoms with E-state index in [-0.39, 0.29) is 12.6 Å². The van der Waals surface area contributed by atoms with Gasteiger partial charge in [0.25, 0.3) is 0 Å². The fraction of sp³-hybridized carbons (Fsp3) is 0.333. The van der Waals surface area contributed by atoms with Gasteiger partial charge in [-0.05, 0) is 74.4 Å². The van der Waals surface area contributed by atoms with Gasteiger partial charge in [-0.2, -0.15) is 0 Å². The van der Waals surface area contributed by atoms with Gasteiger partial charge in [-0.3, -0.25) is 0 Å². The smallest absolute Gasteiger partial charge is 0.335 e. The normalized spacial score (nSPS) is 12.0. The van der Waals surface area contributed by atoms with Crippen molar-refractivity contribution in [2.45, 2.75) is 39.7 Å². The maximum atomic E-state index is 12.1. The lowest BCUT2D eigenvalue weighted by atomic mass is 10.1. The Morgan fingerprint density at radius 1 is 0.811 bits per heavy atom. The number of rotatable bonds is 15. The van der Waals surface area contributed by atoms with Crippen LogP contribution < -0.4 is 9.47 Å². The van der Waals surface area contributed by atoms with Crippen molar-refractivity contribution in [3.05, 3.63) is 90.0 Å². The highest BCUT2D eigenvalue weighted by atomic mass is 16.6. The van der Waals surface area contributed by atoms with E-state index in [1.807, 2.05) is 92.7 Å². The van der Waals surface area contributed by atoms with Gasteiger partial charge < -0.3 is 23.8 Å². The van der Waals surface area contributed by atoms with Gasteiger partial charge >= 0.3 is 5.97 Å². The molecule has 3 aromatic carbocycles. The number of carbonyl (C=O) groups excluding carboxylic acids is 1. The summed E-state index contributed by atoms with van der Waals surface area (Å²) in [6.45, 7) is 7.18. The Labute approximate surface area is 219 Å². The summed E-state index contributed by atoms with van der Waals surface area (Å²) >= 11 is 0. The van der Waals surface area contributed by atoms with Crippen molar-refractivity contribution in [1.82, 2.24) is 0 Å². The largest absolute Gasteiger partial charge is 0.487 e. The summed E-state index contributed by atoms with van der Waals surface area (Å²) < 4.78 is 22.6. The van der Waals surface area contributed by atoms with Gasteiger partial charge in [0.15, 0.2) is 6.10 Å². The fourth-order valence-electron chi connectivity index (χ4n) is 3.45. The Morgan fingerprint density at radius 3 is 2.14 bits per heavy atom. The minimum Gasteiger partial charge on any atom is -0.487 e. The second kappa shape index (κ2) is 15.3. The third-order valence-electron chi connectivity index (χ3n) is 5.27. The third kappa shape index (κ3) is 9.28. The molecule has 0 saturated carbocycles. The van der Waals surface area contributed by atoms with Crippen LogP contribution in [0.3, 0.4) is 0 Å². The van der Waals surface area contributed by atoms with Crippen LogP contribution in [0.5, 0.6) is 17.2 Å². The first-order valence-electron chi connectivity index (χ1n) is 12.6. The highest BCUT2D eigenvalue weighted by Crippen LogP contribution is 2.22. The highest BCUT2D eigenvalue weighted by Gasteiger charge is 2.20. The molecule has 0 aromatic heterocycles. The molecule has 0 aliphatic carbocycles. The van der Waals surface area contributed by atoms with Gasteiger partial charge in [0.05, 0.1) is 6.61 Å². The zero-order valence-electron chi connectivity index (χ0n) is 21.7. The van der Waals surface area contributed by atoms with Crippen molar-refractivity contribution < 1.29 is 28.6 Å². The van der Waals surface area contributed by atoms with Crippen molar-refractivity contribution in [3.8, 4) is 17.2 Å².